The fourth-order valence-electron chi connectivity index (χ4n) is 4.88. The maximum Gasteiger partial charge on any atom is 0.393 e. The van der Waals surface area contributed by atoms with Crippen LogP contribution in [0.15, 0.2) is 41.3 Å². The molecule has 0 spiro atoms. The van der Waals surface area contributed by atoms with Crippen molar-refractivity contribution in [2.75, 3.05) is 57.3 Å². The fourth-order valence-corrected chi connectivity index (χ4v) is 6.77. The molecule has 2 atom stereocenters. The number of nitrogens with one attached hydrogen (secondary N) is 1. The van der Waals surface area contributed by atoms with Crippen LogP contribution in [0.4, 0.5) is 28.9 Å². The van der Waals surface area contributed by atoms with Gasteiger partial charge in [0, 0.05) is 32.5 Å². The highest BCUT2D eigenvalue weighted by molar-refractivity contribution is 7.90. The van der Waals surface area contributed by atoms with Crippen LogP contribution < -0.4 is 15.0 Å². The third kappa shape index (κ3) is 6.82. The molecule has 0 saturated carbocycles. The average molecular weight is 598 g/mol. The maximum absolute atomic E-state index is 14.9. The van der Waals surface area contributed by atoms with Crippen molar-refractivity contribution < 1.29 is 30.7 Å². The van der Waals surface area contributed by atoms with E-state index in [9.17, 15) is 26.0 Å². The number of rotatable bonds is 7. The lowest BCUT2D eigenvalue weighted by atomic mass is 10.0. The van der Waals surface area contributed by atoms with Crippen LogP contribution in [0.1, 0.15) is 16.9 Å². The number of piperidine rings is 1. The van der Waals surface area contributed by atoms with E-state index in [1.807, 2.05) is 22.9 Å². The average Bonchev–Trinajstić information content (AvgIpc) is 3.21. The first kappa shape index (κ1) is 30.0. The summed E-state index contributed by atoms with van der Waals surface area (Å²) in [5, 5.41) is 3.49. The second-order valence-electron chi connectivity index (χ2n) is 9.89. The molecule has 4 rings (SSSR count). The van der Waals surface area contributed by atoms with Crippen LogP contribution in [0.5, 0.6) is 5.75 Å². The van der Waals surface area contributed by atoms with E-state index in [1.54, 1.807) is 25.2 Å². The van der Waals surface area contributed by atoms with Crippen molar-refractivity contribution in [2.24, 2.45) is 0 Å². The number of alkyl halides is 4. The molecule has 1 aromatic heterocycles. The van der Waals surface area contributed by atoms with Crippen LogP contribution in [0.3, 0.4) is 0 Å². The van der Waals surface area contributed by atoms with E-state index in [2.05, 4.69) is 17.2 Å². The molecule has 12 heteroatoms. The van der Waals surface area contributed by atoms with Gasteiger partial charge in [0.25, 0.3) is 0 Å². The number of fused-ring (bicyclic) bond motifs is 1. The van der Waals surface area contributed by atoms with Crippen LogP contribution >= 0.6 is 11.3 Å². The quantitative estimate of drug-likeness (QED) is 0.292. The van der Waals surface area contributed by atoms with Crippen molar-refractivity contribution in [3.8, 4) is 17.6 Å². The molecule has 1 aliphatic heterocycles. The van der Waals surface area contributed by atoms with Gasteiger partial charge in [-0.25, -0.2) is 12.8 Å². The van der Waals surface area contributed by atoms with Crippen molar-refractivity contribution in [1.29, 1.82) is 0 Å². The van der Waals surface area contributed by atoms with Crippen molar-refractivity contribution in [3.63, 3.8) is 0 Å². The van der Waals surface area contributed by atoms with Crippen LogP contribution in [0.25, 0.3) is 10.1 Å². The number of benzene rings is 2. The van der Waals surface area contributed by atoms with E-state index >= 15 is 0 Å². The smallest absolute Gasteiger partial charge is 0.393 e. The highest BCUT2D eigenvalue weighted by atomic mass is 32.2. The molecule has 2 aromatic carbocycles. The number of nitrogens with zero attached hydrogens (tertiary/aromatic N) is 2. The number of thiophene rings is 1. The largest absolute Gasteiger partial charge is 0.495 e. The number of ether oxygens (including phenoxy) is 1. The van der Waals surface area contributed by atoms with Gasteiger partial charge >= 0.3 is 6.18 Å². The minimum atomic E-state index is -4.43. The van der Waals surface area contributed by atoms with Crippen molar-refractivity contribution in [1.82, 2.24) is 4.90 Å². The molecule has 1 N–H and O–H groups in total. The van der Waals surface area contributed by atoms with Gasteiger partial charge in [-0.3, -0.25) is 0 Å². The summed E-state index contributed by atoms with van der Waals surface area (Å²) in [6.45, 7) is 1.13. The molecule has 0 bridgehead atoms. The minimum Gasteiger partial charge on any atom is -0.495 e. The summed E-state index contributed by atoms with van der Waals surface area (Å²) in [6, 6.07) is 9.17. The van der Waals surface area contributed by atoms with E-state index in [-0.39, 0.29) is 23.0 Å². The van der Waals surface area contributed by atoms with Gasteiger partial charge in [0.2, 0.25) is 0 Å². The summed E-state index contributed by atoms with van der Waals surface area (Å²) < 4.78 is 85.3. The molecule has 3 aromatic rings. The van der Waals surface area contributed by atoms with Crippen LogP contribution in [-0.2, 0) is 16.3 Å². The Kier molecular flexibility index (Phi) is 8.87. The zero-order valence-corrected chi connectivity index (χ0v) is 24.2. The number of hydrogen-bond donors (Lipinski definition) is 1. The first-order chi connectivity index (χ1) is 18.8. The Morgan fingerprint density at radius 2 is 2.00 bits per heavy atom. The predicted molar refractivity (Wildman–Crippen MR) is 152 cm³/mol. The topological polar surface area (TPSA) is 61.9 Å². The summed E-state index contributed by atoms with van der Waals surface area (Å²) >= 11 is 1.18. The van der Waals surface area contributed by atoms with Gasteiger partial charge in [0.15, 0.2) is 9.84 Å². The van der Waals surface area contributed by atoms with Gasteiger partial charge in [-0.1, -0.05) is 24.0 Å². The summed E-state index contributed by atoms with van der Waals surface area (Å²) in [5.41, 5.74) is 1.29. The first-order valence-electron chi connectivity index (χ1n) is 12.6. The standard InChI is InChI=1S/C28H31F4N3O3S2/c1-34-14-12-23(21(29)17-34)35(2)24-8-5-7-19-20(16-28(30,31)32)26(39-27(19)24)9-6-13-33-22-11-10-18(40(4,36)37)15-25(22)38-3/h5,7-8,10-11,15,21,23,33H,12-14,16-17H2,1-4H3. The summed E-state index contributed by atoms with van der Waals surface area (Å²) in [7, 11) is 1.64. The van der Waals surface area contributed by atoms with Gasteiger partial charge in [0.05, 0.1) is 52.0 Å². The number of likely N-dealkylation sites (tertiary alicyclic amines) is 1. The Morgan fingerprint density at radius 3 is 2.65 bits per heavy atom. The third-order valence-electron chi connectivity index (χ3n) is 6.93. The molecule has 40 heavy (non-hydrogen) atoms. The zero-order chi connectivity index (χ0) is 29.2. The molecule has 6 nitrogen and oxygen atoms in total. The SMILES string of the molecule is COc1cc(S(C)(=O)=O)ccc1NCC#Cc1sc2c(N(C)C3CCN(C)CC3F)cccc2c1CC(F)(F)F. The second-order valence-corrected chi connectivity index (χ2v) is 12.9. The molecule has 216 valence electrons. The van der Waals surface area contributed by atoms with E-state index in [0.29, 0.717) is 45.1 Å². The van der Waals surface area contributed by atoms with Crippen LogP contribution in [0.2, 0.25) is 0 Å². The van der Waals surface area contributed by atoms with Crippen LogP contribution in [-0.4, -0.2) is 78.8 Å². The highest BCUT2D eigenvalue weighted by Crippen LogP contribution is 2.41. The van der Waals surface area contributed by atoms with Gasteiger partial charge < -0.3 is 19.9 Å². The lowest BCUT2D eigenvalue weighted by Crippen LogP contribution is -2.50. The number of sulfone groups is 1. The molecule has 2 heterocycles. The zero-order valence-electron chi connectivity index (χ0n) is 22.6. The van der Waals surface area contributed by atoms with Crippen molar-refractivity contribution in [3.05, 3.63) is 46.8 Å². The molecule has 0 aliphatic carbocycles. The number of anilines is 2. The summed E-state index contributed by atoms with van der Waals surface area (Å²) in [5.74, 6) is 6.09. The van der Waals surface area contributed by atoms with Crippen molar-refractivity contribution >= 4 is 42.6 Å². The van der Waals surface area contributed by atoms with E-state index < -0.39 is 28.6 Å². The lowest BCUT2D eigenvalue weighted by molar-refractivity contribution is -0.126. The molecule has 1 aliphatic rings. The summed E-state index contributed by atoms with van der Waals surface area (Å²) in [6.07, 6.45) is -4.94. The highest BCUT2D eigenvalue weighted by Gasteiger charge is 2.34. The Hall–Kier alpha value is -3.01. The Morgan fingerprint density at radius 1 is 1.25 bits per heavy atom. The molecular formula is C28H31F4N3O3S2. The third-order valence-corrected chi connectivity index (χ3v) is 9.23. The summed E-state index contributed by atoms with van der Waals surface area (Å²) in [4.78, 5) is 4.18. The molecule has 1 fully saturated rings. The number of halogens is 4. The molecule has 1 saturated heterocycles. The first-order valence-corrected chi connectivity index (χ1v) is 15.3. The molecule has 0 amide bonds. The van der Waals surface area contributed by atoms with Crippen LogP contribution in [0, 0.1) is 11.8 Å². The Labute approximate surface area is 235 Å². The van der Waals surface area contributed by atoms with Gasteiger partial charge in [-0.2, -0.15) is 13.2 Å². The maximum atomic E-state index is 14.9. The van der Waals surface area contributed by atoms with Gasteiger partial charge in [-0.05, 0) is 42.6 Å². The normalized spacial score (nSPS) is 18.3. The van der Waals surface area contributed by atoms with Gasteiger partial charge in [-0.15, -0.1) is 11.3 Å². The Bertz CT molecular complexity index is 1540. The van der Waals surface area contributed by atoms with E-state index in [0.717, 1.165) is 12.8 Å². The molecule has 2 unspecified atom stereocenters. The molecule has 0 radical (unpaired) electrons. The Balaban J connectivity index is 1.64. The van der Waals surface area contributed by atoms with Gasteiger partial charge in [0.1, 0.15) is 11.9 Å². The predicted octanol–water partition coefficient (Wildman–Crippen LogP) is 5.36. The van der Waals surface area contributed by atoms with E-state index in [1.165, 1.54) is 30.6 Å². The molecular weight excluding hydrogens is 566 g/mol. The number of methoxy groups -OCH3 is 1. The monoisotopic (exact) mass is 597 g/mol. The fraction of sp³-hybridized carbons (Fsp3) is 0.429. The van der Waals surface area contributed by atoms with E-state index in [4.69, 9.17) is 4.74 Å². The lowest BCUT2D eigenvalue weighted by Gasteiger charge is -2.39. The second kappa shape index (κ2) is 11.8. The minimum absolute atomic E-state index is 0.0835. The van der Waals surface area contributed by atoms with Crippen molar-refractivity contribution in [2.45, 2.75) is 36.1 Å². The number of hydrogen-bond acceptors (Lipinski definition) is 7.